The molecule has 5 rings (SSSR count). The Bertz CT molecular complexity index is 925. The molecule has 5 aromatic heterocycles. The maximum absolute atomic E-state index is 5.72. The molecule has 5 heterocycles. The Labute approximate surface area is 169 Å². The maximum Gasteiger partial charge on any atom is 0.263 e. The van der Waals surface area contributed by atoms with Crippen LogP contribution in [0.4, 0.5) is 0 Å². The number of nitrogens with zero attached hydrogens (tertiary/aromatic N) is 1. The third-order valence-corrected chi connectivity index (χ3v) is 5.02. The summed E-state index contributed by atoms with van der Waals surface area (Å²) in [4.78, 5) is 0. The van der Waals surface area contributed by atoms with Gasteiger partial charge >= 0.3 is 0 Å². The van der Waals surface area contributed by atoms with Crippen molar-refractivity contribution in [3.05, 3.63) is 104 Å². The molecule has 0 radical (unpaired) electrons. The molecular formula is C23H22BNO4. The van der Waals surface area contributed by atoms with E-state index in [1.54, 1.807) is 25.1 Å². The van der Waals surface area contributed by atoms with E-state index in [1.165, 1.54) is 0 Å². The highest BCUT2D eigenvalue weighted by molar-refractivity contribution is 7.17. The van der Waals surface area contributed by atoms with Crippen molar-refractivity contribution in [1.29, 1.82) is 0 Å². The normalized spacial score (nSPS) is 11.1. The first kappa shape index (κ1) is 18.7. The van der Waals surface area contributed by atoms with Crippen molar-refractivity contribution < 1.29 is 22.2 Å². The summed E-state index contributed by atoms with van der Waals surface area (Å²) < 4.78 is 25.0. The zero-order valence-electron chi connectivity index (χ0n) is 16.2. The molecule has 0 atom stereocenters. The molecule has 0 saturated heterocycles. The second kappa shape index (κ2) is 8.56. The predicted molar refractivity (Wildman–Crippen MR) is 111 cm³/mol. The second-order valence-electron chi connectivity index (χ2n) is 6.63. The van der Waals surface area contributed by atoms with Gasteiger partial charge in [0.25, 0.3) is 6.15 Å². The van der Waals surface area contributed by atoms with E-state index in [4.69, 9.17) is 17.7 Å². The Morgan fingerprint density at radius 2 is 0.966 bits per heavy atom. The lowest BCUT2D eigenvalue weighted by molar-refractivity contribution is -0.693. The molecule has 0 aliphatic heterocycles. The fourth-order valence-electron chi connectivity index (χ4n) is 3.64. The number of pyridine rings is 1. The maximum atomic E-state index is 5.72. The van der Waals surface area contributed by atoms with E-state index in [9.17, 15) is 0 Å². The summed E-state index contributed by atoms with van der Waals surface area (Å²) in [5.41, 5.74) is 2.93. The van der Waals surface area contributed by atoms with Gasteiger partial charge in [-0.15, -0.1) is 0 Å². The van der Waals surface area contributed by atoms with Crippen LogP contribution >= 0.6 is 0 Å². The summed E-state index contributed by atoms with van der Waals surface area (Å²) >= 11 is 0. The monoisotopic (exact) mass is 387 g/mol. The average molecular weight is 387 g/mol. The molecule has 0 bridgehead atoms. The highest BCUT2D eigenvalue weighted by Crippen LogP contribution is 2.10. The Kier molecular flexibility index (Phi) is 5.52. The fourth-order valence-corrected chi connectivity index (χ4v) is 3.64. The molecule has 0 spiro atoms. The largest absolute Gasteiger partial charge is 0.509 e. The van der Waals surface area contributed by atoms with Gasteiger partial charge in [0.15, 0.2) is 12.4 Å². The van der Waals surface area contributed by atoms with Crippen LogP contribution in [-0.4, -0.2) is 6.15 Å². The van der Waals surface area contributed by atoms with Gasteiger partial charge in [-0.25, -0.2) is 4.57 Å². The lowest BCUT2D eigenvalue weighted by atomic mass is 9.19. The van der Waals surface area contributed by atoms with Gasteiger partial charge in [-0.2, -0.15) is 0 Å². The summed E-state index contributed by atoms with van der Waals surface area (Å²) in [5, 5.41) is 0. The lowest BCUT2D eigenvalue weighted by Crippen LogP contribution is -2.73. The van der Waals surface area contributed by atoms with Crippen molar-refractivity contribution in [2.45, 2.75) is 13.5 Å². The Morgan fingerprint density at radius 1 is 0.586 bits per heavy atom. The molecule has 0 saturated carbocycles. The Balaban J connectivity index is 0.000000216. The van der Waals surface area contributed by atoms with Gasteiger partial charge in [-0.1, -0.05) is 30.3 Å². The molecule has 6 heteroatoms. The van der Waals surface area contributed by atoms with Crippen molar-refractivity contribution in [3.8, 4) is 0 Å². The number of rotatable bonds is 5. The van der Waals surface area contributed by atoms with Crippen LogP contribution in [0.1, 0.15) is 6.92 Å². The van der Waals surface area contributed by atoms with Gasteiger partial charge < -0.3 is 17.7 Å². The zero-order valence-corrected chi connectivity index (χ0v) is 16.2. The third kappa shape index (κ3) is 3.57. The van der Waals surface area contributed by atoms with E-state index in [0.717, 1.165) is 29.2 Å². The molecule has 0 fully saturated rings. The Morgan fingerprint density at radius 3 is 1.21 bits per heavy atom. The highest BCUT2D eigenvalue weighted by atomic mass is 16.4. The van der Waals surface area contributed by atoms with E-state index in [1.807, 2.05) is 66.7 Å². The van der Waals surface area contributed by atoms with Gasteiger partial charge in [-0.3, -0.25) is 0 Å². The summed E-state index contributed by atoms with van der Waals surface area (Å²) in [6.45, 7) is 3.18. The van der Waals surface area contributed by atoms with E-state index in [-0.39, 0.29) is 0 Å². The third-order valence-electron chi connectivity index (χ3n) is 5.02. The smallest absolute Gasteiger partial charge is 0.263 e. The molecule has 146 valence electrons. The molecule has 0 aliphatic rings. The summed E-state index contributed by atoms with van der Waals surface area (Å²) in [7, 11) is 0. The minimum Gasteiger partial charge on any atom is -0.509 e. The molecule has 29 heavy (non-hydrogen) atoms. The van der Waals surface area contributed by atoms with Crippen LogP contribution in [0.5, 0.6) is 0 Å². The first-order valence-corrected chi connectivity index (χ1v) is 9.61. The van der Waals surface area contributed by atoms with E-state index in [0.29, 0.717) is 0 Å². The van der Waals surface area contributed by atoms with Crippen LogP contribution in [-0.2, 0) is 6.54 Å². The quantitative estimate of drug-likeness (QED) is 0.343. The zero-order chi connectivity index (χ0) is 19.9. The van der Waals surface area contributed by atoms with E-state index < -0.39 is 6.15 Å². The van der Waals surface area contributed by atoms with Crippen molar-refractivity contribution in [2.24, 2.45) is 0 Å². The summed E-state index contributed by atoms with van der Waals surface area (Å²) in [6, 6.07) is 21.1. The highest BCUT2D eigenvalue weighted by Gasteiger charge is 2.42. The summed E-state index contributed by atoms with van der Waals surface area (Å²) in [5.74, 6) is 0. The minimum absolute atomic E-state index is 0.731. The van der Waals surface area contributed by atoms with Gasteiger partial charge in [0.2, 0.25) is 0 Å². The second-order valence-corrected chi connectivity index (χ2v) is 6.63. The van der Waals surface area contributed by atoms with Crippen molar-refractivity contribution >= 4 is 28.8 Å². The van der Waals surface area contributed by atoms with Crippen molar-refractivity contribution in [3.63, 3.8) is 0 Å². The van der Waals surface area contributed by atoms with Gasteiger partial charge in [0.1, 0.15) is 6.54 Å². The number of aromatic nitrogens is 1. The van der Waals surface area contributed by atoms with E-state index in [2.05, 4.69) is 23.9 Å². The predicted octanol–water partition coefficient (Wildman–Crippen LogP) is 2.43. The molecular weight excluding hydrogens is 365 g/mol. The van der Waals surface area contributed by atoms with Crippen LogP contribution in [0.2, 0.25) is 0 Å². The van der Waals surface area contributed by atoms with Gasteiger partial charge in [-0.05, 0) is 53.8 Å². The molecule has 0 amide bonds. The number of aryl methyl sites for hydroxylation is 1. The van der Waals surface area contributed by atoms with Crippen LogP contribution < -0.4 is 27.2 Å². The number of hydrogen-bond donors (Lipinski definition) is 0. The molecule has 5 nitrogen and oxygen atoms in total. The van der Waals surface area contributed by atoms with E-state index >= 15 is 0 Å². The van der Waals surface area contributed by atoms with Crippen LogP contribution in [0.25, 0.3) is 0 Å². The van der Waals surface area contributed by atoms with Crippen LogP contribution in [0, 0.1) is 0 Å². The van der Waals surface area contributed by atoms with Crippen molar-refractivity contribution in [1.82, 2.24) is 0 Å². The van der Waals surface area contributed by atoms with Gasteiger partial charge in [0.05, 0.1) is 25.1 Å². The molecule has 0 aliphatic carbocycles. The number of furan rings is 4. The fraction of sp³-hybridized carbons (Fsp3) is 0.0870. The summed E-state index contributed by atoms with van der Waals surface area (Å²) in [6.07, 6.45) is 8.95. The Hall–Kier alpha value is -3.67. The standard InChI is InChI=1S/C16H12BO4.C7H10N/c1-5-13(18-9-1)17(14-6-2-10-19-14,15-7-3-11-20-15)16-8-4-12-21-16;1-2-8-6-4-3-5-7-8/h1-12H;3-7H,2H2,1H3/q-1;+1. The van der Waals surface area contributed by atoms with Gasteiger partial charge in [0, 0.05) is 12.1 Å². The molecule has 0 aromatic carbocycles. The first-order chi connectivity index (χ1) is 14.4. The minimum atomic E-state index is -1.72. The number of hydrogen-bond acceptors (Lipinski definition) is 4. The SMILES string of the molecule is CC[n+]1ccccc1.c1coc([B-](c2ccco2)(c2ccco2)c2ccco2)c1. The van der Waals surface area contributed by atoms with Crippen LogP contribution in [0.3, 0.4) is 0 Å². The topological polar surface area (TPSA) is 56.4 Å². The lowest BCUT2D eigenvalue weighted by Gasteiger charge is -2.32. The first-order valence-electron chi connectivity index (χ1n) is 9.61. The molecule has 5 aromatic rings. The molecule has 0 unspecified atom stereocenters. The average Bonchev–Trinajstić information content (AvgIpc) is 3.60. The van der Waals surface area contributed by atoms with Crippen molar-refractivity contribution in [2.75, 3.05) is 0 Å². The molecule has 0 N–H and O–H groups in total. The van der Waals surface area contributed by atoms with Crippen LogP contribution in [0.15, 0.2) is 122 Å².